The molecule has 2 saturated heterocycles. The Kier molecular flexibility index (Phi) is 6.75. The van der Waals surface area contributed by atoms with Crippen LogP contribution in [0.25, 0.3) is 22.1 Å². The minimum absolute atomic E-state index is 0.252. The molecular weight excluding hydrogens is 448 g/mol. The molecule has 190 valence electrons. The fourth-order valence-electron chi connectivity index (χ4n) is 5.73. The van der Waals surface area contributed by atoms with Crippen LogP contribution < -0.4 is 16.0 Å². The molecule has 2 aliphatic heterocycles. The number of benzene rings is 2. The lowest BCUT2D eigenvalue weighted by atomic mass is 10.0. The number of nitrogens with one attached hydrogen (secondary N) is 5. The average Bonchev–Trinajstić information content (AvgIpc) is 3.43. The molecule has 8 nitrogen and oxygen atoms in total. The molecule has 2 aliphatic rings. The number of piperazine rings is 1. The van der Waals surface area contributed by atoms with E-state index in [1.807, 2.05) is 0 Å². The fourth-order valence-corrected chi connectivity index (χ4v) is 5.73. The third kappa shape index (κ3) is 4.91. The van der Waals surface area contributed by atoms with Crippen molar-refractivity contribution in [2.45, 2.75) is 51.2 Å². The number of hydrogen-bond donors (Lipinski definition) is 5. The first-order chi connectivity index (χ1) is 17.6. The number of aromatic nitrogens is 4. The maximum absolute atomic E-state index is 5.00. The molecule has 0 bridgehead atoms. The summed E-state index contributed by atoms with van der Waals surface area (Å²) in [7, 11) is 0. The third-order valence-corrected chi connectivity index (χ3v) is 7.72. The molecule has 4 aromatic rings. The second kappa shape index (κ2) is 10.3. The number of nitrogens with zero attached hydrogens (tertiary/aromatic N) is 3. The second-order valence-electron chi connectivity index (χ2n) is 10.5. The van der Waals surface area contributed by atoms with Crippen molar-refractivity contribution in [1.29, 1.82) is 0 Å². The quantitative estimate of drug-likeness (QED) is 0.287. The first-order valence-corrected chi connectivity index (χ1v) is 13.5. The van der Waals surface area contributed by atoms with Crippen molar-refractivity contribution in [3.63, 3.8) is 0 Å². The van der Waals surface area contributed by atoms with Crippen molar-refractivity contribution >= 4 is 22.1 Å². The van der Waals surface area contributed by atoms with Gasteiger partial charge in [0.05, 0.1) is 34.2 Å². The van der Waals surface area contributed by atoms with E-state index >= 15 is 0 Å². The number of rotatable bonds is 6. The molecule has 0 radical (unpaired) electrons. The van der Waals surface area contributed by atoms with Crippen molar-refractivity contribution < 1.29 is 0 Å². The van der Waals surface area contributed by atoms with Crippen molar-refractivity contribution in [2.24, 2.45) is 0 Å². The third-order valence-electron chi connectivity index (χ3n) is 7.72. The van der Waals surface area contributed by atoms with E-state index in [0.717, 1.165) is 92.2 Å². The van der Waals surface area contributed by atoms with Gasteiger partial charge < -0.3 is 25.9 Å². The summed E-state index contributed by atoms with van der Waals surface area (Å²) in [6, 6.07) is 14.4. The molecule has 5 N–H and O–H groups in total. The van der Waals surface area contributed by atoms with Crippen LogP contribution in [0.15, 0.2) is 36.4 Å². The lowest BCUT2D eigenvalue weighted by Gasteiger charge is -2.31. The first-order valence-electron chi connectivity index (χ1n) is 13.5. The first kappa shape index (κ1) is 23.6. The fraction of sp³-hybridized carbons (Fsp3) is 0.500. The summed E-state index contributed by atoms with van der Waals surface area (Å²) >= 11 is 0. The van der Waals surface area contributed by atoms with Crippen LogP contribution in [0, 0.1) is 0 Å². The Labute approximate surface area is 212 Å². The van der Waals surface area contributed by atoms with Gasteiger partial charge >= 0.3 is 0 Å². The van der Waals surface area contributed by atoms with E-state index in [1.54, 1.807) is 0 Å². The summed E-state index contributed by atoms with van der Waals surface area (Å²) in [4.78, 5) is 19.6. The van der Waals surface area contributed by atoms with Crippen LogP contribution in [0.5, 0.6) is 0 Å². The van der Waals surface area contributed by atoms with Gasteiger partial charge in [-0.1, -0.05) is 12.1 Å². The van der Waals surface area contributed by atoms with Crippen LogP contribution in [0.3, 0.4) is 0 Å². The number of hydrogen-bond acceptors (Lipinski definition) is 6. The Hall–Kier alpha value is -2.78. The summed E-state index contributed by atoms with van der Waals surface area (Å²) in [5, 5.41) is 10.5. The molecule has 2 atom stereocenters. The van der Waals surface area contributed by atoms with Crippen LogP contribution in [-0.2, 0) is 12.8 Å². The van der Waals surface area contributed by atoms with Gasteiger partial charge in [-0.2, -0.15) is 0 Å². The molecule has 2 unspecified atom stereocenters. The molecule has 0 amide bonds. The predicted octanol–water partition coefficient (Wildman–Crippen LogP) is 3.20. The Morgan fingerprint density at radius 2 is 1.53 bits per heavy atom. The molecule has 0 saturated carbocycles. The van der Waals surface area contributed by atoms with E-state index in [4.69, 9.17) is 9.97 Å². The zero-order valence-electron chi connectivity index (χ0n) is 21.4. The van der Waals surface area contributed by atoms with E-state index in [0.29, 0.717) is 12.1 Å². The molecule has 2 fully saturated rings. The van der Waals surface area contributed by atoms with Gasteiger partial charge in [-0.3, -0.25) is 4.90 Å². The largest absolute Gasteiger partial charge is 0.341 e. The Bertz CT molecular complexity index is 1320. The molecule has 36 heavy (non-hydrogen) atoms. The second-order valence-corrected chi connectivity index (χ2v) is 10.5. The van der Waals surface area contributed by atoms with E-state index in [-0.39, 0.29) is 6.04 Å². The van der Waals surface area contributed by atoms with E-state index < -0.39 is 0 Å². The molecule has 8 heteroatoms. The van der Waals surface area contributed by atoms with Crippen LogP contribution in [0.1, 0.15) is 55.1 Å². The highest BCUT2D eigenvalue weighted by atomic mass is 15.2. The lowest BCUT2D eigenvalue weighted by Crippen LogP contribution is -2.43. The highest BCUT2D eigenvalue weighted by Crippen LogP contribution is 2.28. The Morgan fingerprint density at radius 1 is 0.833 bits per heavy atom. The maximum Gasteiger partial charge on any atom is 0.125 e. The van der Waals surface area contributed by atoms with Crippen molar-refractivity contribution in [2.75, 3.05) is 39.3 Å². The Morgan fingerprint density at radius 3 is 2.19 bits per heavy atom. The monoisotopic (exact) mass is 486 g/mol. The van der Waals surface area contributed by atoms with Gasteiger partial charge in [-0.15, -0.1) is 0 Å². The number of imidazole rings is 2. The molecule has 2 aromatic carbocycles. The minimum atomic E-state index is 0.252. The highest BCUT2D eigenvalue weighted by Gasteiger charge is 2.27. The average molecular weight is 487 g/mol. The van der Waals surface area contributed by atoms with Crippen molar-refractivity contribution in [1.82, 2.24) is 40.8 Å². The zero-order valence-corrected chi connectivity index (χ0v) is 21.4. The summed E-state index contributed by atoms with van der Waals surface area (Å²) in [6.45, 7) is 10.6. The van der Waals surface area contributed by atoms with Gasteiger partial charge in [-0.05, 0) is 75.0 Å². The van der Waals surface area contributed by atoms with E-state index in [1.165, 1.54) is 11.1 Å². The molecule has 0 spiro atoms. The molecule has 4 heterocycles. The number of aromatic amines is 2. The van der Waals surface area contributed by atoms with Crippen molar-refractivity contribution in [3.05, 3.63) is 59.2 Å². The van der Waals surface area contributed by atoms with Gasteiger partial charge in [0.15, 0.2) is 0 Å². The van der Waals surface area contributed by atoms with Crippen LogP contribution in [0.4, 0.5) is 0 Å². The van der Waals surface area contributed by atoms with Gasteiger partial charge in [0.1, 0.15) is 11.6 Å². The molecule has 6 rings (SSSR count). The van der Waals surface area contributed by atoms with Crippen molar-refractivity contribution in [3.8, 4) is 0 Å². The van der Waals surface area contributed by atoms with Gasteiger partial charge in [-0.25, -0.2) is 9.97 Å². The summed E-state index contributed by atoms with van der Waals surface area (Å²) in [5.41, 5.74) is 7.03. The summed E-state index contributed by atoms with van der Waals surface area (Å²) in [6.07, 6.45) is 3.07. The van der Waals surface area contributed by atoms with Gasteiger partial charge in [0.2, 0.25) is 0 Å². The van der Waals surface area contributed by atoms with Crippen LogP contribution >= 0.6 is 0 Å². The Balaban J connectivity index is 1.16. The SMILES string of the molecule is CC(C)N1CCNCCC1c1nc2ccc(CCc3ccc4nc(C5CNCCN5)[nH]c4c3)cc2[nH]1. The van der Waals surface area contributed by atoms with Crippen LogP contribution in [-0.4, -0.2) is 70.1 Å². The van der Waals surface area contributed by atoms with Gasteiger partial charge in [0.25, 0.3) is 0 Å². The van der Waals surface area contributed by atoms with Gasteiger partial charge in [0, 0.05) is 38.8 Å². The molecule has 2 aromatic heterocycles. The number of H-pyrrole nitrogens is 2. The number of aryl methyl sites for hydroxylation is 2. The van der Waals surface area contributed by atoms with E-state index in [2.05, 4.69) is 81.1 Å². The predicted molar refractivity (Wildman–Crippen MR) is 145 cm³/mol. The molecule has 0 aliphatic carbocycles. The zero-order chi connectivity index (χ0) is 24.5. The summed E-state index contributed by atoms with van der Waals surface area (Å²) < 4.78 is 0. The topological polar surface area (TPSA) is 96.7 Å². The smallest absolute Gasteiger partial charge is 0.125 e. The summed E-state index contributed by atoms with van der Waals surface area (Å²) in [5.74, 6) is 2.12. The van der Waals surface area contributed by atoms with E-state index in [9.17, 15) is 0 Å². The lowest BCUT2D eigenvalue weighted by molar-refractivity contribution is 0.157. The maximum atomic E-state index is 5.00. The molecular formula is C28H38N8. The van der Waals surface area contributed by atoms with Crippen LogP contribution in [0.2, 0.25) is 0 Å². The highest BCUT2D eigenvalue weighted by molar-refractivity contribution is 5.77. The standard InChI is InChI=1S/C28H38N8/c1-18(2)36-14-13-29-10-9-26(36)28-33-22-8-6-20(16-24(22)35-28)4-3-19-5-7-21-23(15-19)34-27(32-21)25-17-30-11-12-31-25/h5-8,15-16,18,25-26,29-31H,3-4,9-14,17H2,1-2H3,(H,32,34)(H,33,35). The number of fused-ring (bicyclic) bond motifs is 2. The minimum Gasteiger partial charge on any atom is -0.341 e. The normalized spacial score (nSPS) is 22.0.